The van der Waals surface area contributed by atoms with Crippen LogP contribution < -0.4 is 11.2 Å². The molecule has 2 heterocycles. The third kappa shape index (κ3) is 4.11. The zero-order valence-electron chi connectivity index (χ0n) is 15.8. The van der Waals surface area contributed by atoms with E-state index in [1.807, 2.05) is 12.1 Å². The van der Waals surface area contributed by atoms with Crippen LogP contribution in [0.3, 0.4) is 0 Å². The lowest BCUT2D eigenvalue weighted by atomic mass is 9.94. The van der Waals surface area contributed by atoms with Gasteiger partial charge in [0.25, 0.3) is 5.91 Å². The first kappa shape index (κ1) is 20.5. The van der Waals surface area contributed by atoms with Crippen LogP contribution in [0.5, 0.6) is 0 Å². The van der Waals surface area contributed by atoms with Crippen LogP contribution in [-0.4, -0.2) is 31.7 Å². The molecule has 0 unspecified atom stereocenters. The maximum Gasteiger partial charge on any atom is 0.271 e. The number of amides is 2. The summed E-state index contributed by atoms with van der Waals surface area (Å²) in [5, 5.41) is 7.79. The number of aromatic nitrogens is 4. The lowest BCUT2D eigenvalue weighted by Gasteiger charge is -2.15. The number of nitrogens with zero attached hydrogens (tertiary/aromatic N) is 4. The summed E-state index contributed by atoms with van der Waals surface area (Å²) in [5.41, 5.74) is 10.6. The van der Waals surface area contributed by atoms with Crippen molar-refractivity contribution in [1.29, 1.82) is 0 Å². The normalized spacial score (nSPS) is 10.6. The first-order valence-corrected chi connectivity index (χ1v) is 9.71. The second-order valence-corrected chi connectivity index (χ2v) is 7.22. The van der Waals surface area contributed by atoms with Gasteiger partial charge in [-0.25, -0.2) is 4.68 Å². The van der Waals surface area contributed by atoms with Crippen LogP contribution in [0.1, 0.15) is 20.7 Å². The van der Waals surface area contributed by atoms with E-state index in [1.54, 1.807) is 30.5 Å². The number of carbonyl (C=O) groups is 2. The number of rotatable bonds is 5. The molecule has 0 saturated heterocycles. The minimum Gasteiger partial charge on any atom is -0.366 e. The van der Waals surface area contributed by atoms with Crippen molar-refractivity contribution in [3.63, 3.8) is 0 Å². The summed E-state index contributed by atoms with van der Waals surface area (Å²) in [6, 6.07) is 13.4. The molecule has 8 nitrogen and oxygen atoms in total. The van der Waals surface area contributed by atoms with Crippen molar-refractivity contribution in [3.05, 3.63) is 88.6 Å². The predicted octanol–water partition coefficient (Wildman–Crippen LogP) is 3.80. The van der Waals surface area contributed by atoms with Gasteiger partial charge in [-0.15, -0.1) is 10.2 Å². The minimum absolute atomic E-state index is 0.0659. The molecule has 154 valence electrons. The topological polar surface area (TPSA) is 116 Å². The Morgan fingerprint density at radius 3 is 2.39 bits per heavy atom. The van der Waals surface area contributed by atoms with E-state index < -0.39 is 11.8 Å². The van der Waals surface area contributed by atoms with E-state index in [0.717, 1.165) is 0 Å². The standard InChI is InChI=1S/C21H14Cl2N6O2/c22-16-7-4-12(9-15(16)17-3-1-2-8-25-17)18-13(20(24)30)5-6-14(19(18)23)21(31)28-29-10-26-27-11-29/h1-11H,(H2,24,30)(H,28,31). The van der Waals surface area contributed by atoms with E-state index in [-0.39, 0.29) is 16.1 Å². The Kier molecular flexibility index (Phi) is 5.66. The first-order chi connectivity index (χ1) is 15.0. The van der Waals surface area contributed by atoms with Crippen molar-refractivity contribution in [1.82, 2.24) is 19.9 Å². The number of halogens is 2. The van der Waals surface area contributed by atoms with Crippen LogP contribution in [0.25, 0.3) is 22.4 Å². The highest BCUT2D eigenvalue weighted by atomic mass is 35.5. The Balaban J connectivity index is 1.85. The minimum atomic E-state index is -0.683. The maximum atomic E-state index is 12.7. The zero-order chi connectivity index (χ0) is 22.0. The van der Waals surface area contributed by atoms with Crippen molar-refractivity contribution in [3.8, 4) is 22.4 Å². The van der Waals surface area contributed by atoms with Crippen LogP contribution >= 0.6 is 23.2 Å². The lowest BCUT2D eigenvalue weighted by molar-refractivity contribution is 0.0992. The number of nitrogens with one attached hydrogen (secondary N) is 1. The highest BCUT2D eigenvalue weighted by Crippen LogP contribution is 2.38. The third-order valence-corrected chi connectivity index (χ3v) is 5.22. The molecule has 31 heavy (non-hydrogen) atoms. The summed E-state index contributed by atoms with van der Waals surface area (Å²) in [6.07, 6.45) is 4.29. The summed E-state index contributed by atoms with van der Waals surface area (Å²) in [5.74, 6) is -1.20. The smallest absolute Gasteiger partial charge is 0.271 e. The number of hydrogen-bond donors (Lipinski definition) is 2. The zero-order valence-corrected chi connectivity index (χ0v) is 17.3. The highest BCUT2D eigenvalue weighted by molar-refractivity contribution is 6.38. The fraction of sp³-hybridized carbons (Fsp3) is 0. The van der Waals surface area contributed by atoms with Gasteiger partial charge in [0.15, 0.2) is 0 Å². The van der Waals surface area contributed by atoms with Crippen LogP contribution in [-0.2, 0) is 0 Å². The molecule has 4 rings (SSSR count). The van der Waals surface area contributed by atoms with Gasteiger partial charge in [0.2, 0.25) is 5.91 Å². The summed E-state index contributed by atoms with van der Waals surface area (Å²) in [7, 11) is 0. The molecule has 0 aliphatic rings. The highest BCUT2D eigenvalue weighted by Gasteiger charge is 2.22. The van der Waals surface area contributed by atoms with E-state index in [4.69, 9.17) is 28.9 Å². The number of carbonyl (C=O) groups excluding carboxylic acids is 2. The average Bonchev–Trinajstić information content (AvgIpc) is 3.27. The van der Waals surface area contributed by atoms with Gasteiger partial charge in [-0.1, -0.05) is 35.3 Å². The largest absolute Gasteiger partial charge is 0.366 e. The van der Waals surface area contributed by atoms with Crippen molar-refractivity contribution in [2.24, 2.45) is 5.73 Å². The average molecular weight is 453 g/mol. The molecule has 2 aromatic heterocycles. The van der Waals surface area contributed by atoms with Crippen LogP contribution in [0.2, 0.25) is 10.0 Å². The Labute approximate surface area is 186 Å². The van der Waals surface area contributed by atoms with E-state index in [9.17, 15) is 9.59 Å². The fourth-order valence-corrected chi connectivity index (χ4v) is 3.65. The van der Waals surface area contributed by atoms with Crippen molar-refractivity contribution in [2.75, 3.05) is 5.43 Å². The van der Waals surface area contributed by atoms with E-state index in [0.29, 0.717) is 27.4 Å². The molecule has 0 atom stereocenters. The lowest BCUT2D eigenvalue weighted by Crippen LogP contribution is -2.22. The van der Waals surface area contributed by atoms with Crippen LogP contribution in [0, 0.1) is 0 Å². The molecule has 10 heteroatoms. The second kappa shape index (κ2) is 8.55. The molecule has 2 amide bonds. The van der Waals surface area contributed by atoms with Crippen LogP contribution in [0.15, 0.2) is 67.4 Å². The third-order valence-electron chi connectivity index (χ3n) is 4.50. The molecule has 0 fully saturated rings. The molecule has 0 saturated carbocycles. The molecule has 4 aromatic rings. The van der Waals surface area contributed by atoms with Crippen LogP contribution in [0.4, 0.5) is 0 Å². The maximum absolute atomic E-state index is 12.7. The predicted molar refractivity (Wildman–Crippen MR) is 117 cm³/mol. The molecule has 2 aromatic carbocycles. The van der Waals surface area contributed by atoms with Crippen molar-refractivity contribution >= 4 is 35.0 Å². The number of nitrogens with two attached hydrogens (primary N) is 1. The first-order valence-electron chi connectivity index (χ1n) is 8.95. The van der Waals surface area contributed by atoms with Crippen molar-refractivity contribution < 1.29 is 9.59 Å². The Morgan fingerprint density at radius 2 is 1.71 bits per heavy atom. The van der Waals surface area contributed by atoms with Gasteiger partial charge in [-0.2, -0.15) is 0 Å². The number of primary amides is 1. The molecule has 0 bridgehead atoms. The second-order valence-electron chi connectivity index (χ2n) is 6.43. The quantitative estimate of drug-likeness (QED) is 0.477. The van der Waals surface area contributed by atoms with Crippen molar-refractivity contribution in [2.45, 2.75) is 0 Å². The van der Waals surface area contributed by atoms with Gasteiger partial charge in [0.05, 0.1) is 16.3 Å². The number of benzene rings is 2. The molecule has 0 spiro atoms. The van der Waals surface area contributed by atoms with Gasteiger partial charge in [0.1, 0.15) is 12.7 Å². The molecule has 0 aliphatic heterocycles. The summed E-state index contributed by atoms with van der Waals surface area (Å²) < 4.78 is 1.28. The summed E-state index contributed by atoms with van der Waals surface area (Å²) >= 11 is 13.0. The van der Waals surface area contributed by atoms with Gasteiger partial charge >= 0.3 is 0 Å². The number of hydrogen-bond acceptors (Lipinski definition) is 5. The molecule has 3 N–H and O–H groups in total. The monoisotopic (exact) mass is 452 g/mol. The molecular formula is C21H14Cl2N6O2. The Hall–Kier alpha value is -3.75. The Bertz CT molecular complexity index is 1280. The summed E-state index contributed by atoms with van der Waals surface area (Å²) in [4.78, 5) is 29.2. The number of pyridine rings is 1. The molecule has 0 aliphatic carbocycles. The van der Waals surface area contributed by atoms with E-state index in [2.05, 4.69) is 20.6 Å². The van der Waals surface area contributed by atoms with E-state index in [1.165, 1.54) is 29.5 Å². The van der Waals surface area contributed by atoms with E-state index >= 15 is 0 Å². The SMILES string of the molecule is NC(=O)c1ccc(C(=O)Nn2cnnc2)c(Cl)c1-c1ccc(Cl)c(-c2ccccn2)c1. The fourth-order valence-electron chi connectivity index (χ4n) is 3.07. The van der Waals surface area contributed by atoms with Gasteiger partial charge in [-0.3, -0.25) is 20.0 Å². The summed E-state index contributed by atoms with van der Waals surface area (Å²) in [6.45, 7) is 0. The molecular weight excluding hydrogens is 439 g/mol. The Morgan fingerprint density at radius 1 is 0.968 bits per heavy atom. The van der Waals surface area contributed by atoms with Gasteiger partial charge in [-0.05, 0) is 42.0 Å². The van der Waals surface area contributed by atoms with Gasteiger partial charge < -0.3 is 5.73 Å². The van der Waals surface area contributed by atoms with Gasteiger partial charge in [0, 0.05) is 27.9 Å². The molecule has 0 radical (unpaired) electrons.